The third-order valence-electron chi connectivity index (χ3n) is 5.23. The fourth-order valence-electron chi connectivity index (χ4n) is 4.00. The first kappa shape index (κ1) is 15.9. The van der Waals surface area contributed by atoms with Gasteiger partial charge in [-0.05, 0) is 25.0 Å². The van der Waals surface area contributed by atoms with Gasteiger partial charge in [0.05, 0.1) is 9.75 Å². The molecular weight excluding hydrogens is 348 g/mol. The van der Waals surface area contributed by atoms with Crippen LogP contribution in [0.25, 0.3) is 0 Å². The average Bonchev–Trinajstić information content (AvgIpc) is 3.25. The summed E-state index contributed by atoms with van der Waals surface area (Å²) in [5, 5.41) is 18.2. The van der Waals surface area contributed by atoms with Gasteiger partial charge < -0.3 is 14.6 Å². The molecule has 1 aliphatic heterocycles. The lowest BCUT2D eigenvalue weighted by molar-refractivity contribution is 0.146. The molecule has 0 radical (unpaired) electrons. The fraction of sp³-hybridized carbons (Fsp3) is 0.562. The number of fused-ring (bicyclic) bond motifs is 1. The van der Waals surface area contributed by atoms with Crippen molar-refractivity contribution in [1.29, 1.82) is 0 Å². The van der Waals surface area contributed by atoms with Crippen LogP contribution in [0, 0.1) is 0 Å². The minimum Gasteiger partial charge on any atom is -0.465 e. The van der Waals surface area contributed by atoms with E-state index in [-0.39, 0.29) is 5.41 Å². The number of carbonyl (C=O) groups is 1. The third-order valence-corrected chi connectivity index (χ3v) is 6.66. The SMILES string of the molecule is O=C(O)N1CCc2nnc(C3(c4ccc(Cl)s4)CCCC3)n2CC1. The molecule has 3 heterocycles. The molecule has 0 atom stereocenters. The number of thiophene rings is 1. The molecule has 0 aromatic carbocycles. The molecule has 0 spiro atoms. The van der Waals surface area contributed by atoms with Crippen LogP contribution in [0.15, 0.2) is 12.1 Å². The first-order chi connectivity index (χ1) is 11.6. The van der Waals surface area contributed by atoms with Crippen LogP contribution in [0.1, 0.15) is 42.2 Å². The Labute approximate surface area is 149 Å². The molecule has 1 fully saturated rings. The van der Waals surface area contributed by atoms with Gasteiger partial charge in [-0.2, -0.15) is 0 Å². The van der Waals surface area contributed by atoms with Gasteiger partial charge in [-0.25, -0.2) is 4.79 Å². The molecule has 6 nitrogen and oxygen atoms in total. The van der Waals surface area contributed by atoms with Crippen LogP contribution in [0.5, 0.6) is 0 Å². The van der Waals surface area contributed by atoms with Crippen molar-refractivity contribution >= 4 is 29.0 Å². The van der Waals surface area contributed by atoms with E-state index in [2.05, 4.69) is 20.8 Å². The highest BCUT2D eigenvalue weighted by Gasteiger charge is 2.43. The van der Waals surface area contributed by atoms with Gasteiger partial charge in [0.15, 0.2) is 0 Å². The molecule has 1 amide bonds. The van der Waals surface area contributed by atoms with Crippen LogP contribution in [0.4, 0.5) is 4.79 Å². The number of aromatic nitrogens is 3. The van der Waals surface area contributed by atoms with Gasteiger partial charge in [0.25, 0.3) is 0 Å². The fourth-order valence-corrected chi connectivity index (χ4v) is 5.28. The molecule has 1 aliphatic carbocycles. The highest BCUT2D eigenvalue weighted by molar-refractivity contribution is 7.16. The smallest absolute Gasteiger partial charge is 0.407 e. The molecule has 2 aromatic rings. The number of hydrogen-bond donors (Lipinski definition) is 1. The van der Waals surface area contributed by atoms with Crippen LogP contribution in [-0.2, 0) is 18.4 Å². The van der Waals surface area contributed by atoms with Crippen molar-refractivity contribution in [3.05, 3.63) is 33.0 Å². The van der Waals surface area contributed by atoms with Crippen LogP contribution >= 0.6 is 22.9 Å². The molecule has 24 heavy (non-hydrogen) atoms. The Balaban J connectivity index is 1.74. The van der Waals surface area contributed by atoms with Gasteiger partial charge in [0.2, 0.25) is 0 Å². The number of carboxylic acid groups (broad SMARTS) is 1. The lowest BCUT2D eigenvalue weighted by Crippen LogP contribution is -2.33. The normalized spacial score (nSPS) is 20.0. The molecular formula is C16H19ClN4O2S. The summed E-state index contributed by atoms with van der Waals surface area (Å²) in [6.45, 7) is 1.57. The van der Waals surface area contributed by atoms with Crippen LogP contribution in [-0.4, -0.2) is 44.0 Å². The number of rotatable bonds is 2. The number of amides is 1. The molecule has 0 bridgehead atoms. The topological polar surface area (TPSA) is 71.2 Å². The minimum atomic E-state index is -0.865. The summed E-state index contributed by atoms with van der Waals surface area (Å²) in [6.07, 6.45) is 4.17. The largest absolute Gasteiger partial charge is 0.465 e. The van der Waals surface area contributed by atoms with Crippen molar-refractivity contribution in [3.63, 3.8) is 0 Å². The second-order valence-electron chi connectivity index (χ2n) is 6.50. The molecule has 2 aromatic heterocycles. The lowest BCUT2D eigenvalue weighted by Gasteiger charge is -2.27. The molecule has 0 saturated heterocycles. The zero-order chi connectivity index (χ0) is 16.7. The van der Waals surface area contributed by atoms with Gasteiger partial charge in [0, 0.05) is 30.9 Å². The van der Waals surface area contributed by atoms with Crippen molar-refractivity contribution in [2.24, 2.45) is 0 Å². The Bertz CT molecular complexity index is 766. The highest BCUT2D eigenvalue weighted by atomic mass is 35.5. The maximum Gasteiger partial charge on any atom is 0.407 e. The van der Waals surface area contributed by atoms with Gasteiger partial charge in [-0.15, -0.1) is 21.5 Å². The van der Waals surface area contributed by atoms with E-state index in [0.717, 1.165) is 28.8 Å². The first-order valence-electron chi connectivity index (χ1n) is 8.26. The van der Waals surface area contributed by atoms with Gasteiger partial charge in [-0.1, -0.05) is 24.4 Å². The molecule has 4 rings (SSSR count). The summed E-state index contributed by atoms with van der Waals surface area (Å²) < 4.78 is 2.95. The van der Waals surface area contributed by atoms with E-state index >= 15 is 0 Å². The Hall–Kier alpha value is -1.60. The maximum atomic E-state index is 11.3. The van der Waals surface area contributed by atoms with Crippen LogP contribution < -0.4 is 0 Å². The first-order valence-corrected chi connectivity index (χ1v) is 9.46. The molecule has 1 N–H and O–H groups in total. The molecule has 1 saturated carbocycles. The van der Waals surface area contributed by atoms with Gasteiger partial charge >= 0.3 is 6.09 Å². The summed E-state index contributed by atoms with van der Waals surface area (Å²) in [6, 6.07) is 4.06. The van der Waals surface area contributed by atoms with Crippen molar-refractivity contribution < 1.29 is 9.90 Å². The Morgan fingerprint density at radius 1 is 1.21 bits per heavy atom. The van der Waals surface area contributed by atoms with E-state index in [1.54, 1.807) is 11.3 Å². The summed E-state index contributed by atoms with van der Waals surface area (Å²) in [5.74, 6) is 1.88. The monoisotopic (exact) mass is 366 g/mol. The van der Waals surface area contributed by atoms with Crippen molar-refractivity contribution in [2.75, 3.05) is 13.1 Å². The minimum absolute atomic E-state index is 0.124. The Morgan fingerprint density at radius 2 is 2.00 bits per heavy atom. The van der Waals surface area contributed by atoms with Crippen molar-refractivity contribution in [3.8, 4) is 0 Å². The van der Waals surface area contributed by atoms with E-state index in [0.29, 0.717) is 26.1 Å². The number of nitrogens with zero attached hydrogens (tertiary/aromatic N) is 4. The van der Waals surface area contributed by atoms with E-state index in [1.807, 2.05) is 6.07 Å². The maximum absolute atomic E-state index is 11.3. The molecule has 2 aliphatic rings. The van der Waals surface area contributed by atoms with Gasteiger partial charge in [0.1, 0.15) is 11.6 Å². The average molecular weight is 367 g/mol. The second-order valence-corrected chi connectivity index (χ2v) is 8.22. The predicted octanol–water partition coefficient (Wildman–Crippen LogP) is 3.39. The van der Waals surface area contributed by atoms with E-state index in [9.17, 15) is 9.90 Å². The molecule has 0 unspecified atom stereocenters. The number of halogens is 1. The summed E-state index contributed by atoms with van der Waals surface area (Å²) in [7, 11) is 0. The second kappa shape index (κ2) is 6.04. The molecule has 128 valence electrons. The van der Waals surface area contributed by atoms with Crippen LogP contribution in [0.2, 0.25) is 4.34 Å². The van der Waals surface area contributed by atoms with Crippen LogP contribution in [0.3, 0.4) is 0 Å². The highest BCUT2D eigenvalue weighted by Crippen LogP contribution is 2.48. The quantitative estimate of drug-likeness (QED) is 0.884. The van der Waals surface area contributed by atoms with E-state index < -0.39 is 6.09 Å². The van der Waals surface area contributed by atoms with Gasteiger partial charge in [-0.3, -0.25) is 0 Å². The standard InChI is InChI=1S/C16H19ClN4O2S/c17-12-4-3-11(24-12)16(6-1-2-7-16)14-19-18-13-5-8-20(15(22)23)9-10-21(13)14/h3-4H,1-2,5-10H2,(H,22,23). The Morgan fingerprint density at radius 3 is 2.67 bits per heavy atom. The molecule has 8 heteroatoms. The Kier molecular flexibility index (Phi) is 4.00. The zero-order valence-electron chi connectivity index (χ0n) is 13.2. The summed E-state index contributed by atoms with van der Waals surface area (Å²) in [4.78, 5) is 14.0. The van der Waals surface area contributed by atoms with E-state index in [4.69, 9.17) is 11.6 Å². The van der Waals surface area contributed by atoms with Crippen molar-refractivity contribution in [2.45, 2.75) is 44.1 Å². The zero-order valence-corrected chi connectivity index (χ0v) is 14.8. The number of hydrogen-bond acceptors (Lipinski definition) is 4. The van der Waals surface area contributed by atoms with E-state index in [1.165, 1.54) is 22.6 Å². The van der Waals surface area contributed by atoms with Crippen molar-refractivity contribution in [1.82, 2.24) is 19.7 Å². The predicted molar refractivity (Wildman–Crippen MR) is 91.9 cm³/mol. The summed E-state index contributed by atoms with van der Waals surface area (Å²) >= 11 is 7.81. The third kappa shape index (κ3) is 2.50. The lowest BCUT2D eigenvalue weighted by atomic mass is 9.83. The summed E-state index contributed by atoms with van der Waals surface area (Å²) in [5.41, 5.74) is -0.124.